The lowest BCUT2D eigenvalue weighted by molar-refractivity contribution is 0.173. The lowest BCUT2D eigenvalue weighted by Crippen LogP contribution is -2.38. The average molecular weight is 362 g/mol. The Morgan fingerprint density at radius 1 is 1.04 bits per heavy atom. The first-order valence-electron chi connectivity index (χ1n) is 9.34. The minimum atomic E-state index is 0.229. The molecule has 0 radical (unpaired) electrons. The van der Waals surface area contributed by atoms with Gasteiger partial charge in [0.25, 0.3) is 0 Å². The van der Waals surface area contributed by atoms with Crippen LogP contribution in [0.5, 0.6) is 5.75 Å². The number of aromatic nitrogens is 5. The third kappa shape index (κ3) is 2.79. The van der Waals surface area contributed by atoms with Crippen LogP contribution in [0.2, 0.25) is 0 Å². The summed E-state index contributed by atoms with van der Waals surface area (Å²) in [5.74, 6) is 2.75. The maximum Gasteiger partial charge on any atom is 0.178 e. The van der Waals surface area contributed by atoms with Crippen LogP contribution < -0.4 is 9.64 Å². The molecule has 5 rings (SSSR count). The van der Waals surface area contributed by atoms with Gasteiger partial charge >= 0.3 is 0 Å². The molecule has 4 aromatic rings. The van der Waals surface area contributed by atoms with Crippen molar-refractivity contribution in [2.24, 2.45) is 7.05 Å². The Morgan fingerprint density at radius 3 is 2.74 bits per heavy atom. The van der Waals surface area contributed by atoms with Crippen LogP contribution in [0.3, 0.4) is 0 Å². The molecule has 0 saturated carbocycles. The lowest BCUT2D eigenvalue weighted by atomic mass is 10.1. The van der Waals surface area contributed by atoms with Gasteiger partial charge in [0, 0.05) is 44.6 Å². The molecule has 3 aromatic heterocycles. The second kappa shape index (κ2) is 6.26. The van der Waals surface area contributed by atoms with E-state index >= 15 is 0 Å². The average Bonchev–Trinajstić information content (AvgIpc) is 3.26. The Balaban J connectivity index is 1.30. The van der Waals surface area contributed by atoms with Crippen molar-refractivity contribution in [3.8, 4) is 5.75 Å². The van der Waals surface area contributed by atoms with Crippen LogP contribution in [-0.2, 0) is 7.05 Å². The number of anilines is 1. The topological polar surface area (TPSA) is 60.5 Å². The number of rotatable bonds is 3. The van der Waals surface area contributed by atoms with Gasteiger partial charge in [0.15, 0.2) is 11.5 Å². The van der Waals surface area contributed by atoms with Crippen LogP contribution in [0, 0.1) is 6.92 Å². The van der Waals surface area contributed by atoms with Gasteiger partial charge in [0.05, 0.1) is 5.52 Å². The van der Waals surface area contributed by atoms with Crippen LogP contribution >= 0.6 is 0 Å². The third-order valence-electron chi connectivity index (χ3n) is 5.35. The fraction of sp³-hybridized carbons (Fsp3) is 0.350. The molecule has 0 N–H and O–H groups in total. The van der Waals surface area contributed by atoms with E-state index in [4.69, 9.17) is 4.74 Å². The van der Waals surface area contributed by atoms with Gasteiger partial charge < -0.3 is 14.2 Å². The summed E-state index contributed by atoms with van der Waals surface area (Å²) >= 11 is 0. The zero-order valence-electron chi connectivity index (χ0n) is 15.5. The summed E-state index contributed by atoms with van der Waals surface area (Å²) in [6, 6.07) is 12.4. The fourth-order valence-corrected chi connectivity index (χ4v) is 3.81. The second-order valence-corrected chi connectivity index (χ2v) is 7.13. The summed E-state index contributed by atoms with van der Waals surface area (Å²) in [4.78, 5) is 2.31. The molecule has 4 heterocycles. The van der Waals surface area contributed by atoms with Crippen molar-refractivity contribution in [3.63, 3.8) is 0 Å². The highest BCUT2D eigenvalue weighted by molar-refractivity contribution is 5.86. The van der Waals surface area contributed by atoms with Gasteiger partial charge in [-0.05, 0) is 37.3 Å². The zero-order chi connectivity index (χ0) is 18.4. The molecule has 27 heavy (non-hydrogen) atoms. The van der Waals surface area contributed by atoms with Gasteiger partial charge in [0.1, 0.15) is 17.7 Å². The van der Waals surface area contributed by atoms with Crippen molar-refractivity contribution in [2.75, 3.05) is 18.0 Å². The SMILES string of the molecule is Cc1nnc2ccc(N3CCC(Oc4cccc5c4ccn5C)CC3)nn12. The Hall–Kier alpha value is -3.09. The van der Waals surface area contributed by atoms with Crippen LogP contribution in [0.25, 0.3) is 16.6 Å². The van der Waals surface area contributed by atoms with Crippen LogP contribution in [-0.4, -0.2) is 43.6 Å². The number of piperidine rings is 1. The van der Waals surface area contributed by atoms with Gasteiger partial charge in [-0.25, -0.2) is 0 Å². The molecule has 138 valence electrons. The summed E-state index contributed by atoms with van der Waals surface area (Å²) in [5.41, 5.74) is 1.98. The molecule has 0 spiro atoms. The molecule has 1 saturated heterocycles. The van der Waals surface area contributed by atoms with Crippen LogP contribution in [0.15, 0.2) is 42.6 Å². The predicted molar refractivity (Wildman–Crippen MR) is 104 cm³/mol. The van der Waals surface area contributed by atoms with E-state index in [1.165, 1.54) is 10.9 Å². The maximum absolute atomic E-state index is 6.36. The van der Waals surface area contributed by atoms with Gasteiger partial charge in [0.2, 0.25) is 0 Å². The normalized spacial score (nSPS) is 15.7. The van der Waals surface area contributed by atoms with E-state index in [1.807, 2.05) is 19.1 Å². The van der Waals surface area contributed by atoms with Gasteiger partial charge in [-0.3, -0.25) is 0 Å². The molecule has 0 bridgehead atoms. The molecular weight excluding hydrogens is 340 g/mol. The van der Waals surface area contributed by atoms with E-state index < -0.39 is 0 Å². The number of hydrogen-bond acceptors (Lipinski definition) is 5. The molecular formula is C20H22N6O. The summed E-state index contributed by atoms with van der Waals surface area (Å²) in [7, 11) is 2.06. The molecule has 0 atom stereocenters. The molecule has 0 unspecified atom stereocenters. The third-order valence-corrected chi connectivity index (χ3v) is 5.35. The van der Waals surface area contributed by atoms with Crippen LogP contribution in [0.4, 0.5) is 5.82 Å². The van der Waals surface area contributed by atoms with E-state index in [9.17, 15) is 0 Å². The number of hydrogen-bond donors (Lipinski definition) is 0. The Kier molecular flexibility index (Phi) is 3.74. The van der Waals surface area contributed by atoms with Crippen molar-refractivity contribution in [1.29, 1.82) is 0 Å². The van der Waals surface area contributed by atoms with Gasteiger partial charge in [-0.2, -0.15) is 4.52 Å². The minimum absolute atomic E-state index is 0.229. The van der Waals surface area contributed by atoms with E-state index in [0.717, 1.165) is 49.0 Å². The van der Waals surface area contributed by atoms with Crippen LogP contribution in [0.1, 0.15) is 18.7 Å². The van der Waals surface area contributed by atoms with Gasteiger partial charge in [-0.1, -0.05) is 6.07 Å². The zero-order valence-corrected chi connectivity index (χ0v) is 15.5. The molecule has 1 aliphatic heterocycles. The fourth-order valence-electron chi connectivity index (χ4n) is 3.81. The first kappa shape index (κ1) is 16.1. The molecule has 0 aliphatic carbocycles. The van der Waals surface area contributed by atoms with E-state index in [2.05, 4.69) is 62.3 Å². The molecule has 7 heteroatoms. The number of ether oxygens (including phenoxy) is 1. The predicted octanol–water partition coefficient (Wildman–Crippen LogP) is 2.97. The van der Waals surface area contributed by atoms with Crippen molar-refractivity contribution in [2.45, 2.75) is 25.9 Å². The first-order valence-corrected chi connectivity index (χ1v) is 9.34. The summed E-state index contributed by atoms with van der Waals surface area (Å²) < 4.78 is 10.3. The second-order valence-electron chi connectivity index (χ2n) is 7.13. The smallest absolute Gasteiger partial charge is 0.178 e. The number of benzene rings is 1. The number of fused-ring (bicyclic) bond motifs is 2. The van der Waals surface area contributed by atoms with Crippen molar-refractivity contribution in [1.82, 2.24) is 24.4 Å². The lowest BCUT2D eigenvalue weighted by Gasteiger charge is -2.33. The molecule has 1 aromatic carbocycles. The molecule has 1 aliphatic rings. The van der Waals surface area contributed by atoms with Crippen molar-refractivity contribution in [3.05, 3.63) is 48.4 Å². The standard InChI is InChI=1S/C20H22N6O/c1-14-21-22-19-6-7-20(23-26(14)19)25-12-8-15(9-13-25)27-18-5-3-4-17-16(18)10-11-24(17)2/h3-7,10-11,15H,8-9,12-13H2,1-2H3. The number of nitrogens with zero attached hydrogens (tertiary/aromatic N) is 6. The highest BCUT2D eigenvalue weighted by Gasteiger charge is 2.23. The Labute approximate surface area is 157 Å². The maximum atomic E-state index is 6.36. The molecule has 7 nitrogen and oxygen atoms in total. The van der Waals surface area contributed by atoms with E-state index in [-0.39, 0.29) is 6.10 Å². The summed E-state index contributed by atoms with van der Waals surface area (Å²) in [6.45, 7) is 3.77. The molecule has 0 amide bonds. The van der Waals surface area contributed by atoms with Gasteiger partial charge in [-0.15, -0.1) is 15.3 Å². The monoisotopic (exact) mass is 362 g/mol. The summed E-state index contributed by atoms with van der Waals surface area (Å²) in [5, 5.41) is 14.0. The first-order chi connectivity index (χ1) is 13.2. The summed E-state index contributed by atoms with van der Waals surface area (Å²) in [6.07, 6.45) is 4.26. The Morgan fingerprint density at radius 2 is 1.89 bits per heavy atom. The van der Waals surface area contributed by atoms with Crippen molar-refractivity contribution < 1.29 is 4.74 Å². The minimum Gasteiger partial charge on any atom is -0.490 e. The molecule has 1 fully saturated rings. The Bertz CT molecular complexity index is 1110. The van der Waals surface area contributed by atoms with E-state index in [1.54, 1.807) is 4.52 Å². The highest BCUT2D eigenvalue weighted by Crippen LogP contribution is 2.29. The van der Waals surface area contributed by atoms with E-state index in [0.29, 0.717) is 0 Å². The quantitative estimate of drug-likeness (QED) is 0.561. The highest BCUT2D eigenvalue weighted by atomic mass is 16.5. The largest absolute Gasteiger partial charge is 0.490 e. The van der Waals surface area contributed by atoms with Crippen molar-refractivity contribution >= 4 is 22.4 Å². The number of aryl methyl sites for hydroxylation is 2.